The van der Waals surface area contributed by atoms with Gasteiger partial charge in [0.15, 0.2) is 0 Å². The zero-order chi connectivity index (χ0) is 13.0. The number of halogens is 1. The van der Waals surface area contributed by atoms with Gasteiger partial charge in [0.1, 0.15) is 5.82 Å². The standard InChI is InChI=1S/C13H13FN2OS/c1-9-6-10(14)2-3-12(9)13(17)15-5-4-11-7-18-8-16-11/h2-3,6-8H,4-5H2,1H3,(H,15,17). The van der Waals surface area contributed by atoms with Crippen molar-refractivity contribution in [3.63, 3.8) is 0 Å². The Labute approximate surface area is 109 Å². The molecule has 0 aliphatic carbocycles. The lowest BCUT2D eigenvalue weighted by Crippen LogP contribution is -2.26. The highest BCUT2D eigenvalue weighted by atomic mass is 32.1. The van der Waals surface area contributed by atoms with Gasteiger partial charge in [-0.1, -0.05) is 0 Å². The molecule has 94 valence electrons. The van der Waals surface area contributed by atoms with Crippen molar-refractivity contribution in [1.29, 1.82) is 0 Å². The van der Waals surface area contributed by atoms with E-state index in [4.69, 9.17) is 0 Å². The molecule has 0 aliphatic rings. The van der Waals surface area contributed by atoms with E-state index in [9.17, 15) is 9.18 Å². The number of amides is 1. The summed E-state index contributed by atoms with van der Waals surface area (Å²) in [5.74, 6) is -0.505. The van der Waals surface area contributed by atoms with Crippen molar-refractivity contribution in [2.75, 3.05) is 6.54 Å². The van der Waals surface area contributed by atoms with Crippen LogP contribution in [-0.2, 0) is 6.42 Å². The molecule has 0 saturated carbocycles. The van der Waals surface area contributed by atoms with Gasteiger partial charge in [-0.25, -0.2) is 9.37 Å². The Balaban J connectivity index is 1.91. The smallest absolute Gasteiger partial charge is 0.251 e. The third-order valence-electron chi connectivity index (χ3n) is 2.58. The van der Waals surface area contributed by atoms with Gasteiger partial charge in [0, 0.05) is 23.9 Å². The van der Waals surface area contributed by atoms with Gasteiger partial charge in [0.05, 0.1) is 11.2 Å². The predicted molar refractivity (Wildman–Crippen MR) is 69.3 cm³/mol. The molecule has 0 saturated heterocycles. The van der Waals surface area contributed by atoms with Crippen LogP contribution in [0.25, 0.3) is 0 Å². The molecule has 2 aromatic rings. The fraction of sp³-hybridized carbons (Fsp3) is 0.231. The number of aryl methyl sites for hydroxylation is 1. The van der Waals surface area contributed by atoms with Gasteiger partial charge in [-0.05, 0) is 30.7 Å². The normalized spacial score (nSPS) is 10.3. The Morgan fingerprint density at radius 3 is 3.00 bits per heavy atom. The monoisotopic (exact) mass is 264 g/mol. The average molecular weight is 264 g/mol. The Hall–Kier alpha value is -1.75. The summed E-state index contributed by atoms with van der Waals surface area (Å²) >= 11 is 1.53. The van der Waals surface area contributed by atoms with Crippen LogP contribution in [0.5, 0.6) is 0 Å². The van der Waals surface area contributed by atoms with Crippen LogP contribution in [0.1, 0.15) is 21.6 Å². The fourth-order valence-electron chi connectivity index (χ4n) is 1.64. The van der Waals surface area contributed by atoms with Crippen LogP contribution in [-0.4, -0.2) is 17.4 Å². The number of carbonyl (C=O) groups is 1. The quantitative estimate of drug-likeness (QED) is 0.922. The van der Waals surface area contributed by atoms with Crippen LogP contribution in [0.3, 0.4) is 0 Å². The molecule has 3 nitrogen and oxygen atoms in total. The summed E-state index contributed by atoms with van der Waals surface area (Å²) in [4.78, 5) is 16.0. The van der Waals surface area contributed by atoms with E-state index in [1.54, 1.807) is 12.4 Å². The minimum atomic E-state index is -0.327. The molecule has 1 aromatic carbocycles. The second-order valence-corrected chi connectivity index (χ2v) is 4.66. The molecule has 1 N–H and O–H groups in total. The van der Waals surface area contributed by atoms with Crippen LogP contribution in [0, 0.1) is 12.7 Å². The first-order chi connectivity index (χ1) is 8.66. The number of benzene rings is 1. The third kappa shape index (κ3) is 3.13. The number of rotatable bonds is 4. The number of hydrogen-bond acceptors (Lipinski definition) is 3. The van der Waals surface area contributed by atoms with Gasteiger partial charge < -0.3 is 5.32 Å². The van der Waals surface area contributed by atoms with Crippen LogP contribution in [0.2, 0.25) is 0 Å². The summed E-state index contributed by atoms with van der Waals surface area (Å²) in [6.45, 7) is 2.25. The van der Waals surface area contributed by atoms with Gasteiger partial charge in [-0.3, -0.25) is 4.79 Å². The van der Waals surface area contributed by atoms with Gasteiger partial charge in [-0.15, -0.1) is 11.3 Å². The molecule has 0 unspecified atom stereocenters. The third-order valence-corrected chi connectivity index (χ3v) is 3.22. The molecule has 1 heterocycles. The summed E-state index contributed by atoms with van der Waals surface area (Å²) in [6.07, 6.45) is 0.704. The molecule has 0 fully saturated rings. The van der Waals surface area contributed by atoms with E-state index in [2.05, 4.69) is 10.3 Å². The van der Waals surface area contributed by atoms with Crippen molar-refractivity contribution in [2.24, 2.45) is 0 Å². The number of hydrogen-bond donors (Lipinski definition) is 1. The summed E-state index contributed by atoms with van der Waals surface area (Å²) in [5.41, 5.74) is 3.88. The van der Waals surface area contributed by atoms with Crippen molar-refractivity contribution in [3.05, 3.63) is 51.7 Å². The second-order valence-electron chi connectivity index (χ2n) is 3.94. The van der Waals surface area contributed by atoms with Gasteiger partial charge in [0.2, 0.25) is 0 Å². The molecule has 5 heteroatoms. The number of carbonyl (C=O) groups excluding carboxylic acids is 1. The largest absolute Gasteiger partial charge is 0.352 e. The van der Waals surface area contributed by atoms with Gasteiger partial charge in [0.25, 0.3) is 5.91 Å². The lowest BCUT2D eigenvalue weighted by Gasteiger charge is -2.06. The van der Waals surface area contributed by atoms with Crippen LogP contribution in [0.4, 0.5) is 4.39 Å². The first-order valence-electron chi connectivity index (χ1n) is 5.58. The molecule has 18 heavy (non-hydrogen) atoms. The molecule has 2 rings (SSSR count). The van der Waals surface area contributed by atoms with E-state index in [1.807, 2.05) is 5.38 Å². The zero-order valence-electron chi connectivity index (χ0n) is 9.94. The lowest BCUT2D eigenvalue weighted by molar-refractivity contribution is 0.0953. The summed E-state index contributed by atoms with van der Waals surface area (Å²) < 4.78 is 12.9. The van der Waals surface area contributed by atoms with E-state index < -0.39 is 0 Å². The zero-order valence-corrected chi connectivity index (χ0v) is 10.8. The first kappa shape index (κ1) is 12.7. The maximum absolute atomic E-state index is 12.9. The summed E-state index contributed by atoms with van der Waals surface area (Å²) in [6, 6.07) is 4.15. The van der Waals surface area contributed by atoms with Gasteiger partial charge >= 0.3 is 0 Å². The highest BCUT2D eigenvalue weighted by Gasteiger charge is 2.09. The maximum atomic E-state index is 12.9. The molecule has 0 spiro atoms. The number of aromatic nitrogens is 1. The first-order valence-corrected chi connectivity index (χ1v) is 6.52. The van der Waals surface area contributed by atoms with Crippen molar-refractivity contribution in [2.45, 2.75) is 13.3 Å². The van der Waals surface area contributed by atoms with E-state index >= 15 is 0 Å². The molecule has 0 bridgehead atoms. The SMILES string of the molecule is Cc1cc(F)ccc1C(=O)NCCc1cscn1. The van der Waals surface area contributed by atoms with E-state index in [-0.39, 0.29) is 11.7 Å². The molecule has 0 aliphatic heterocycles. The molecule has 1 amide bonds. The Bertz CT molecular complexity index is 540. The lowest BCUT2D eigenvalue weighted by atomic mass is 10.1. The molecular weight excluding hydrogens is 251 g/mol. The van der Waals surface area contributed by atoms with Crippen LogP contribution >= 0.6 is 11.3 Å². The van der Waals surface area contributed by atoms with Crippen LogP contribution < -0.4 is 5.32 Å². The van der Waals surface area contributed by atoms with Crippen LogP contribution in [0.15, 0.2) is 29.1 Å². The molecule has 0 radical (unpaired) electrons. The average Bonchev–Trinajstić information content (AvgIpc) is 2.81. The van der Waals surface area contributed by atoms with E-state index in [0.29, 0.717) is 24.1 Å². The Kier molecular flexibility index (Phi) is 4.04. The second kappa shape index (κ2) is 5.73. The molecule has 0 atom stereocenters. The molecular formula is C13H13FN2OS. The highest BCUT2D eigenvalue weighted by molar-refractivity contribution is 7.07. The predicted octanol–water partition coefficient (Wildman–Crippen LogP) is 2.56. The minimum Gasteiger partial charge on any atom is -0.352 e. The highest BCUT2D eigenvalue weighted by Crippen LogP contribution is 2.10. The number of thiazole rings is 1. The van der Waals surface area contributed by atoms with E-state index in [0.717, 1.165) is 5.69 Å². The Morgan fingerprint density at radius 1 is 1.50 bits per heavy atom. The summed E-state index contributed by atoms with van der Waals surface area (Å²) in [7, 11) is 0. The summed E-state index contributed by atoms with van der Waals surface area (Å²) in [5, 5.41) is 4.75. The van der Waals surface area contributed by atoms with Crippen molar-refractivity contribution in [1.82, 2.24) is 10.3 Å². The minimum absolute atomic E-state index is 0.178. The Morgan fingerprint density at radius 2 is 2.33 bits per heavy atom. The number of nitrogens with one attached hydrogen (secondary N) is 1. The maximum Gasteiger partial charge on any atom is 0.251 e. The van der Waals surface area contributed by atoms with Gasteiger partial charge in [-0.2, -0.15) is 0 Å². The molecule has 1 aromatic heterocycles. The van der Waals surface area contributed by atoms with E-state index in [1.165, 1.54) is 29.5 Å². The fourth-order valence-corrected chi connectivity index (χ4v) is 2.24. The topological polar surface area (TPSA) is 42.0 Å². The number of nitrogens with zero attached hydrogens (tertiary/aromatic N) is 1. The van der Waals surface area contributed by atoms with Crippen molar-refractivity contribution >= 4 is 17.2 Å². The van der Waals surface area contributed by atoms with Crippen molar-refractivity contribution in [3.8, 4) is 0 Å². The van der Waals surface area contributed by atoms with Crippen molar-refractivity contribution < 1.29 is 9.18 Å².